The summed E-state index contributed by atoms with van der Waals surface area (Å²) in [6, 6.07) is 17.4. The maximum absolute atomic E-state index is 13.7. The van der Waals surface area contributed by atoms with Gasteiger partial charge in [0.15, 0.2) is 0 Å². The van der Waals surface area contributed by atoms with Crippen molar-refractivity contribution in [3.05, 3.63) is 82.6 Å². The van der Waals surface area contributed by atoms with Gasteiger partial charge in [0.25, 0.3) is 11.8 Å². The molecule has 0 atom stereocenters. The minimum absolute atomic E-state index is 0.0235. The molecule has 0 radical (unpaired) electrons. The smallest absolute Gasteiger partial charge is 0.271 e. The molecule has 37 heavy (non-hydrogen) atoms. The molecular weight excluding hydrogens is 464 g/mol. The molecule has 0 saturated heterocycles. The lowest BCUT2D eigenvalue weighted by atomic mass is 9.91. The van der Waals surface area contributed by atoms with E-state index in [1.54, 1.807) is 24.8 Å². The van der Waals surface area contributed by atoms with Crippen LogP contribution in [0.3, 0.4) is 0 Å². The first-order chi connectivity index (χ1) is 17.9. The topological polar surface area (TPSA) is 88.2 Å². The number of amides is 2. The average molecular weight is 493 g/mol. The van der Waals surface area contributed by atoms with Crippen molar-refractivity contribution in [1.82, 2.24) is 14.7 Å². The van der Waals surface area contributed by atoms with Crippen LogP contribution in [0.25, 0.3) is 23.0 Å². The number of benzene rings is 2. The number of nitrogens with zero attached hydrogens (tertiary/aromatic N) is 4. The number of aryl methyl sites for hydroxylation is 1. The molecule has 0 unspecified atom stereocenters. The molecule has 1 aliphatic carbocycles. The van der Waals surface area contributed by atoms with E-state index in [0.29, 0.717) is 16.8 Å². The molecule has 2 aliphatic rings. The highest BCUT2D eigenvalue weighted by molar-refractivity contribution is 6.20. The van der Waals surface area contributed by atoms with Gasteiger partial charge in [0.05, 0.1) is 12.8 Å². The maximum atomic E-state index is 13.7. The first-order valence-electron chi connectivity index (χ1n) is 12.4. The standard InChI is InChI=1S/C30H28N4O3/c1-19-15-24(37-3)13-14-25(19)28-21(18-33(32-28)22-9-5-4-6-10-22)16-26-20(2)27(17-31)30(36)34(29(26)35)23-11-7-8-12-23/h4-6,9-10,13-16,18,23H,7-8,11-12H2,1-3H3/b26-16+. The predicted octanol–water partition coefficient (Wildman–Crippen LogP) is 5.39. The molecule has 1 aromatic heterocycles. The lowest BCUT2D eigenvalue weighted by Crippen LogP contribution is -2.47. The Kier molecular flexibility index (Phi) is 6.49. The van der Waals surface area contributed by atoms with Crippen LogP contribution >= 0.6 is 0 Å². The van der Waals surface area contributed by atoms with E-state index in [4.69, 9.17) is 9.84 Å². The van der Waals surface area contributed by atoms with Crippen molar-refractivity contribution in [3.63, 3.8) is 0 Å². The van der Waals surface area contributed by atoms with Gasteiger partial charge in [0.1, 0.15) is 23.1 Å². The van der Waals surface area contributed by atoms with Gasteiger partial charge in [-0.05, 0) is 74.2 Å². The molecule has 0 N–H and O–H groups in total. The number of nitriles is 1. The second kappa shape index (κ2) is 9.90. The number of hydrogen-bond acceptors (Lipinski definition) is 5. The van der Waals surface area contributed by atoms with Crippen LogP contribution in [0.2, 0.25) is 0 Å². The first kappa shape index (κ1) is 24.3. The van der Waals surface area contributed by atoms with Gasteiger partial charge in [-0.1, -0.05) is 31.0 Å². The van der Waals surface area contributed by atoms with E-state index in [1.807, 2.05) is 61.7 Å². The minimum Gasteiger partial charge on any atom is -0.497 e. The molecule has 186 valence electrons. The van der Waals surface area contributed by atoms with Crippen LogP contribution in [0.1, 0.15) is 43.7 Å². The van der Waals surface area contributed by atoms with Crippen molar-refractivity contribution in [2.75, 3.05) is 7.11 Å². The summed E-state index contributed by atoms with van der Waals surface area (Å²) >= 11 is 0. The van der Waals surface area contributed by atoms with Crippen LogP contribution in [0.15, 0.2) is 71.4 Å². The molecule has 0 bridgehead atoms. The Bertz CT molecular complexity index is 1480. The monoisotopic (exact) mass is 492 g/mol. The summed E-state index contributed by atoms with van der Waals surface area (Å²) in [5, 5.41) is 14.7. The average Bonchev–Trinajstić information content (AvgIpc) is 3.58. The number of aromatic nitrogens is 2. The van der Waals surface area contributed by atoms with Crippen molar-refractivity contribution < 1.29 is 14.3 Å². The number of methoxy groups -OCH3 is 1. The van der Waals surface area contributed by atoms with Gasteiger partial charge < -0.3 is 4.74 Å². The minimum atomic E-state index is -0.486. The zero-order valence-electron chi connectivity index (χ0n) is 21.2. The zero-order valence-corrected chi connectivity index (χ0v) is 21.2. The summed E-state index contributed by atoms with van der Waals surface area (Å²) in [7, 11) is 1.63. The molecule has 1 saturated carbocycles. The van der Waals surface area contributed by atoms with Crippen LogP contribution in [0.4, 0.5) is 0 Å². The first-order valence-corrected chi connectivity index (χ1v) is 12.4. The third-order valence-corrected chi connectivity index (χ3v) is 7.21. The zero-order chi connectivity index (χ0) is 26.1. The molecule has 0 spiro atoms. The Morgan fingerprint density at radius 1 is 1.05 bits per heavy atom. The van der Waals surface area contributed by atoms with Crippen LogP contribution in [0.5, 0.6) is 5.75 Å². The second-order valence-electron chi connectivity index (χ2n) is 9.48. The number of carbonyl (C=O) groups excluding carboxylic acids is 2. The molecule has 1 aliphatic heterocycles. The van der Waals surface area contributed by atoms with Crippen molar-refractivity contribution in [3.8, 4) is 28.8 Å². The molecule has 2 heterocycles. The van der Waals surface area contributed by atoms with E-state index in [9.17, 15) is 14.9 Å². The van der Waals surface area contributed by atoms with E-state index in [-0.39, 0.29) is 17.5 Å². The highest BCUT2D eigenvalue weighted by Crippen LogP contribution is 2.35. The lowest BCUT2D eigenvalue weighted by molar-refractivity contribution is -0.143. The Balaban J connectivity index is 1.69. The third-order valence-electron chi connectivity index (χ3n) is 7.21. The number of carbonyl (C=O) groups is 2. The Morgan fingerprint density at radius 2 is 1.78 bits per heavy atom. The second-order valence-corrected chi connectivity index (χ2v) is 9.48. The summed E-state index contributed by atoms with van der Waals surface area (Å²) in [5.74, 6) is -0.0900. The largest absolute Gasteiger partial charge is 0.497 e. The van der Waals surface area contributed by atoms with Crippen LogP contribution in [-0.4, -0.2) is 39.6 Å². The number of para-hydroxylation sites is 1. The van der Waals surface area contributed by atoms with Gasteiger partial charge in [-0.25, -0.2) is 4.68 Å². The highest BCUT2D eigenvalue weighted by atomic mass is 16.5. The van der Waals surface area contributed by atoms with E-state index >= 15 is 0 Å². The van der Waals surface area contributed by atoms with Crippen molar-refractivity contribution in [2.45, 2.75) is 45.6 Å². The quantitative estimate of drug-likeness (QED) is 0.352. The van der Waals surface area contributed by atoms with Gasteiger partial charge in [-0.15, -0.1) is 0 Å². The number of imide groups is 1. The van der Waals surface area contributed by atoms with Crippen LogP contribution < -0.4 is 4.74 Å². The van der Waals surface area contributed by atoms with Gasteiger partial charge in [0.2, 0.25) is 0 Å². The SMILES string of the molecule is COc1ccc(-c2nn(-c3ccccc3)cc2/C=C2/C(=O)N(C3CCCC3)C(=O)C(C#N)=C2C)c(C)c1. The highest BCUT2D eigenvalue weighted by Gasteiger charge is 2.40. The molecule has 7 heteroatoms. The van der Waals surface area contributed by atoms with E-state index in [2.05, 4.69) is 6.07 Å². The fraction of sp³-hybridized carbons (Fsp3) is 0.267. The van der Waals surface area contributed by atoms with Gasteiger partial charge >= 0.3 is 0 Å². The van der Waals surface area contributed by atoms with E-state index < -0.39 is 5.91 Å². The number of ether oxygens (including phenoxy) is 1. The van der Waals surface area contributed by atoms with Crippen LogP contribution in [0, 0.1) is 18.3 Å². The Morgan fingerprint density at radius 3 is 2.43 bits per heavy atom. The van der Waals surface area contributed by atoms with Gasteiger partial charge in [-0.3, -0.25) is 14.5 Å². The number of hydrogen-bond donors (Lipinski definition) is 0. The van der Waals surface area contributed by atoms with Gasteiger partial charge in [-0.2, -0.15) is 10.4 Å². The maximum Gasteiger partial charge on any atom is 0.271 e. The van der Waals surface area contributed by atoms with Crippen molar-refractivity contribution in [2.24, 2.45) is 0 Å². The molecule has 2 amide bonds. The lowest BCUT2D eigenvalue weighted by Gasteiger charge is -2.32. The molecule has 5 rings (SSSR count). The normalized spacial score (nSPS) is 17.6. The fourth-order valence-electron chi connectivity index (χ4n) is 5.19. The van der Waals surface area contributed by atoms with Crippen molar-refractivity contribution in [1.29, 1.82) is 5.26 Å². The molecule has 7 nitrogen and oxygen atoms in total. The predicted molar refractivity (Wildman–Crippen MR) is 141 cm³/mol. The summed E-state index contributed by atoms with van der Waals surface area (Å²) in [6.45, 7) is 3.66. The molecular formula is C30H28N4O3. The fourth-order valence-corrected chi connectivity index (χ4v) is 5.19. The van der Waals surface area contributed by atoms with Gasteiger partial charge in [0, 0.05) is 28.9 Å². The molecule has 2 aromatic carbocycles. The van der Waals surface area contributed by atoms with Crippen molar-refractivity contribution >= 4 is 17.9 Å². The summed E-state index contributed by atoms with van der Waals surface area (Å²) < 4.78 is 7.16. The van der Waals surface area contributed by atoms with E-state index in [0.717, 1.165) is 53.8 Å². The summed E-state index contributed by atoms with van der Waals surface area (Å²) in [5.41, 5.74) is 4.94. The third kappa shape index (κ3) is 4.36. The molecule has 1 fully saturated rings. The summed E-state index contributed by atoms with van der Waals surface area (Å²) in [4.78, 5) is 28.1. The van der Waals surface area contributed by atoms with Crippen LogP contribution in [-0.2, 0) is 9.59 Å². The number of rotatable bonds is 5. The molecule has 3 aromatic rings. The summed E-state index contributed by atoms with van der Waals surface area (Å²) in [6.07, 6.45) is 7.13. The van der Waals surface area contributed by atoms with E-state index in [1.165, 1.54) is 4.90 Å². The Labute approximate surface area is 216 Å². The Hall–Kier alpha value is -4.44.